The zero-order chi connectivity index (χ0) is 6.69. The van der Waals surface area contributed by atoms with Gasteiger partial charge in [0.25, 0.3) is 0 Å². The van der Waals surface area contributed by atoms with E-state index < -0.39 is 0 Å². The standard InChI is InChI=1S/C7H8O2/c8-4-6-1-2-7(3-6)5-9/h3-5,8H,1-2H2/b6-4+. The van der Waals surface area contributed by atoms with Crippen molar-refractivity contribution >= 4 is 6.29 Å². The van der Waals surface area contributed by atoms with Crippen LogP contribution < -0.4 is 0 Å². The molecule has 1 aliphatic carbocycles. The molecule has 0 spiro atoms. The summed E-state index contributed by atoms with van der Waals surface area (Å²) in [6, 6.07) is 0. The molecule has 48 valence electrons. The highest BCUT2D eigenvalue weighted by Gasteiger charge is 2.06. The lowest BCUT2D eigenvalue weighted by Crippen LogP contribution is -1.73. The summed E-state index contributed by atoms with van der Waals surface area (Å²) in [5.41, 5.74) is 1.62. The van der Waals surface area contributed by atoms with E-state index in [1.807, 2.05) is 0 Å². The Hall–Kier alpha value is -1.05. The van der Waals surface area contributed by atoms with Gasteiger partial charge in [-0.05, 0) is 30.1 Å². The molecule has 1 rings (SSSR count). The molecular weight excluding hydrogens is 116 g/mol. The van der Waals surface area contributed by atoms with Crippen LogP contribution in [-0.4, -0.2) is 11.4 Å². The molecule has 0 unspecified atom stereocenters. The number of carbonyl (C=O) groups is 1. The number of rotatable bonds is 1. The predicted octanol–water partition coefficient (Wildman–Crippen LogP) is 1.35. The summed E-state index contributed by atoms with van der Waals surface area (Å²) in [5, 5.41) is 8.46. The molecule has 1 N–H and O–H groups in total. The first kappa shape index (κ1) is 6.08. The summed E-state index contributed by atoms with van der Waals surface area (Å²) in [5.74, 6) is 0. The van der Waals surface area contributed by atoms with E-state index in [1.165, 1.54) is 0 Å². The van der Waals surface area contributed by atoms with Crippen molar-refractivity contribution in [2.24, 2.45) is 0 Å². The molecule has 9 heavy (non-hydrogen) atoms. The second-order valence-electron chi connectivity index (χ2n) is 2.04. The van der Waals surface area contributed by atoms with Crippen molar-refractivity contribution in [1.82, 2.24) is 0 Å². The maximum atomic E-state index is 10.1. The zero-order valence-corrected chi connectivity index (χ0v) is 5.00. The second kappa shape index (κ2) is 2.49. The maximum absolute atomic E-state index is 10.1. The molecular formula is C7H8O2. The van der Waals surface area contributed by atoms with Gasteiger partial charge in [0.1, 0.15) is 6.29 Å². The van der Waals surface area contributed by atoms with Crippen molar-refractivity contribution in [2.45, 2.75) is 12.8 Å². The van der Waals surface area contributed by atoms with Crippen molar-refractivity contribution in [3.8, 4) is 0 Å². The topological polar surface area (TPSA) is 37.3 Å². The minimum atomic E-state index is 0.773. The van der Waals surface area contributed by atoms with Gasteiger partial charge in [-0.1, -0.05) is 0 Å². The Morgan fingerprint density at radius 2 is 2.33 bits per heavy atom. The van der Waals surface area contributed by atoms with Crippen LogP contribution in [-0.2, 0) is 4.79 Å². The Balaban J connectivity index is 2.71. The van der Waals surface area contributed by atoms with Crippen LogP contribution in [0.15, 0.2) is 23.5 Å². The van der Waals surface area contributed by atoms with Gasteiger partial charge >= 0.3 is 0 Å². The fourth-order valence-corrected chi connectivity index (χ4v) is 0.866. The molecule has 0 aromatic heterocycles. The van der Waals surface area contributed by atoms with Crippen LogP contribution >= 0.6 is 0 Å². The minimum absolute atomic E-state index is 0.773. The van der Waals surface area contributed by atoms with E-state index in [4.69, 9.17) is 5.11 Å². The van der Waals surface area contributed by atoms with E-state index >= 15 is 0 Å². The maximum Gasteiger partial charge on any atom is 0.146 e. The number of aliphatic hydroxyl groups is 1. The van der Waals surface area contributed by atoms with Crippen LogP contribution in [0.2, 0.25) is 0 Å². The van der Waals surface area contributed by atoms with Gasteiger partial charge in [0.2, 0.25) is 0 Å². The first-order chi connectivity index (χ1) is 4.36. The molecule has 0 radical (unpaired) electrons. The molecule has 2 nitrogen and oxygen atoms in total. The van der Waals surface area contributed by atoms with E-state index in [9.17, 15) is 4.79 Å². The fraction of sp³-hybridized carbons (Fsp3) is 0.286. The summed E-state index contributed by atoms with van der Waals surface area (Å²) in [4.78, 5) is 10.1. The van der Waals surface area contributed by atoms with E-state index in [1.54, 1.807) is 6.08 Å². The molecule has 0 aromatic carbocycles. The molecule has 1 aliphatic rings. The number of hydrogen-bond donors (Lipinski definition) is 1. The molecule has 0 bridgehead atoms. The van der Waals surface area contributed by atoms with Crippen molar-refractivity contribution in [1.29, 1.82) is 0 Å². The predicted molar refractivity (Wildman–Crippen MR) is 34.1 cm³/mol. The molecule has 0 amide bonds. The molecule has 0 heterocycles. The highest BCUT2D eigenvalue weighted by molar-refractivity contribution is 5.75. The van der Waals surface area contributed by atoms with Gasteiger partial charge in [-0.2, -0.15) is 0 Å². The van der Waals surface area contributed by atoms with Crippen molar-refractivity contribution in [3.63, 3.8) is 0 Å². The van der Waals surface area contributed by atoms with E-state index in [-0.39, 0.29) is 0 Å². The Morgan fingerprint density at radius 3 is 2.67 bits per heavy atom. The molecule has 0 aliphatic heterocycles. The van der Waals surface area contributed by atoms with Gasteiger partial charge in [-0.3, -0.25) is 4.79 Å². The minimum Gasteiger partial charge on any atom is -0.515 e. The van der Waals surface area contributed by atoms with Crippen LogP contribution in [0.25, 0.3) is 0 Å². The number of hydrogen-bond acceptors (Lipinski definition) is 2. The van der Waals surface area contributed by atoms with Crippen LogP contribution in [0.5, 0.6) is 0 Å². The number of carbonyl (C=O) groups excluding carboxylic acids is 1. The van der Waals surface area contributed by atoms with Gasteiger partial charge in [-0.15, -0.1) is 0 Å². The lowest BCUT2D eigenvalue weighted by molar-refractivity contribution is -0.105. The third-order valence-electron chi connectivity index (χ3n) is 1.39. The third kappa shape index (κ3) is 1.19. The summed E-state index contributed by atoms with van der Waals surface area (Å²) < 4.78 is 0. The SMILES string of the molecule is O=CC1=C/C(=C/O)CC1. The van der Waals surface area contributed by atoms with Crippen LogP contribution in [0, 0.1) is 0 Å². The molecule has 0 saturated carbocycles. The van der Waals surface area contributed by atoms with E-state index in [0.29, 0.717) is 0 Å². The second-order valence-corrected chi connectivity index (χ2v) is 2.04. The highest BCUT2D eigenvalue weighted by atomic mass is 16.2. The van der Waals surface area contributed by atoms with Crippen molar-refractivity contribution in [2.75, 3.05) is 0 Å². The summed E-state index contributed by atoms with van der Waals surface area (Å²) in [6.45, 7) is 0. The van der Waals surface area contributed by atoms with Crippen LogP contribution in [0.3, 0.4) is 0 Å². The normalized spacial score (nSPS) is 22.2. The third-order valence-corrected chi connectivity index (χ3v) is 1.39. The Morgan fingerprint density at radius 1 is 1.56 bits per heavy atom. The largest absolute Gasteiger partial charge is 0.515 e. The smallest absolute Gasteiger partial charge is 0.146 e. The van der Waals surface area contributed by atoms with Gasteiger partial charge in [-0.25, -0.2) is 0 Å². The first-order valence-electron chi connectivity index (χ1n) is 2.86. The average Bonchev–Trinajstić information content (AvgIpc) is 2.34. The first-order valence-corrected chi connectivity index (χ1v) is 2.86. The Kier molecular flexibility index (Phi) is 1.68. The lowest BCUT2D eigenvalue weighted by atomic mass is 10.2. The number of allylic oxidation sites excluding steroid dienone is 3. The zero-order valence-electron chi connectivity index (χ0n) is 5.00. The number of aldehydes is 1. The Bertz CT molecular complexity index is 177. The molecule has 0 atom stereocenters. The molecule has 0 aromatic rings. The van der Waals surface area contributed by atoms with Gasteiger partial charge in [0.05, 0.1) is 6.26 Å². The highest BCUT2D eigenvalue weighted by Crippen LogP contribution is 2.20. The van der Waals surface area contributed by atoms with E-state index in [2.05, 4.69) is 0 Å². The Labute approximate surface area is 53.5 Å². The van der Waals surface area contributed by atoms with Gasteiger partial charge < -0.3 is 5.11 Å². The quantitative estimate of drug-likeness (QED) is 0.423. The fourth-order valence-electron chi connectivity index (χ4n) is 0.866. The van der Waals surface area contributed by atoms with Gasteiger partial charge in [0, 0.05) is 0 Å². The molecule has 0 saturated heterocycles. The average molecular weight is 124 g/mol. The van der Waals surface area contributed by atoms with Crippen molar-refractivity contribution < 1.29 is 9.90 Å². The van der Waals surface area contributed by atoms with Crippen LogP contribution in [0.1, 0.15) is 12.8 Å². The van der Waals surface area contributed by atoms with Crippen LogP contribution in [0.4, 0.5) is 0 Å². The van der Waals surface area contributed by atoms with E-state index in [0.717, 1.165) is 36.5 Å². The lowest BCUT2D eigenvalue weighted by Gasteiger charge is -1.83. The summed E-state index contributed by atoms with van der Waals surface area (Å²) in [7, 11) is 0. The molecule has 0 fully saturated rings. The monoisotopic (exact) mass is 124 g/mol. The van der Waals surface area contributed by atoms with Crippen molar-refractivity contribution in [3.05, 3.63) is 23.5 Å². The molecule has 2 heteroatoms. The van der Waals surface area contributed by atoms with Gasteiger partial charge in [0.15, 0.2) is 0 Å². The summed E-state index contributed by atoms with van der Waals surface area (Å²) in [6.07, 6.45) is 5.17. The number of aliphatic hydroxyl groups excluding tert-OH is 1. The summed E-state index contributed by atoms with van der Waals surface area (Å²) >= 11 is 0.